The minimum atomic E-state index is -0.363. The number of benzene rings is 1. The summed E-state index contributed by atoms with van der Waals surface area (Å²) in [5, 5.41) is 1.94. The van der Waals surface area contributed by atoms with E-state index in [2.05, 4.69) is 50.4 Å². The van der Waals surface area contributed by atoms with E-state index in [-0.39, 0.29) is 16.6 Å². The molecule has 1 spiro atoms. The monoisotopic (exact) mass is 449 g/mol. The first-order valence-corrected chi connectivity index (χ1v) is 12.0. The minimum absolute atomic E-state index is 0.261. The fourth-order valence-corrected chi connectivity index (χ4v) is 5.82. The number of piperidine rings is 2. The zero-order valence-electron chi connectivity index (χ0n) is 18.0. The molecule has 1 atom stereocenters. The Labute approximate surface area is 192 Å². The fraction of sp³-hybridized carbons (Fsp3) is 0.417. The van der Waals surface area contributed by atoms with Crippen LogP contribution >= 0.6 is 11.8 Å². The number of thioether (sulfide) groups is 1. The molecule has 7 nitrogen and oxygen atoms in total. The molecule has 3 fully saturated rings. The van der Waals surface area contributed by atoms with Crippen LogP contribution in [0.3, 0.4) is 0 Å². The predicted molar refractivity (Wildman–Crippen MR) is 126 cm³/mol. The van der Waals surface area contributed by atoms with Gasteiger partial charge in [0.25, 0.3) is 11.1 Å². The maximum atomic E-state index is 11.9. The molecular formula is C24H27N5O2S. The third-order valence-electron chi connectivity index (χ3n) is 6.52. The van der Waals surface area contributed by atoms with E-state index in [1.54, 1.807) is 18.3 Å². The Morgan fingerprint density at radius 1 is 1.06 bits per heavy atom. The summed E-state index contributed by atoms with van der Waals surface area (Å²) in [6.45, 7) is 5.14. The van der Waals surface area contributed by atoms with E-state index >= 15 is 0 Å². The van der Waals surface area contributed by atoms with Crippen molar-refractivity contribution in [3.8, 4) is 0 Å². The van der Waals surface area contributed by atoms with Crippen molar-refractivity contribution < 1.29 is 9.59 Å². The van der Waals surface area contributed by atoms with Crippen molar-refractivity contribution in [1.29, 1.82) is 0 Å². The molecule has 4 heterocycles. The lowest BCUT2D eigenvalue weighted by Gasteiger charge is -2.48. The number of carbonyl (C=O) groups excluding carboxylic acids is 2. The van der Waals surface area contributed by atoms with E-state index in [1.165, 1.54) is 24.8 Å². The van der Waals surface area contributed by atoms with Crippen LogP contribution < -0.4 is 10.2 Å². The molecule has 0 bridgehead atoms. The van der Waals surface area contributed by atoms with Crippen LogP contribution in [0.15, 0.2) is 47.5 Å². The van der Waals surface area contributed by atoms with E-state index in [4.69, 9.17) is 4.98 Å². The summed E-state index contributed by atoms with van der Waals surface area (Å²) in [5.41, 5.74) is 2.28. The van der Waals surface area contributed by atoms with Crippen LogP contribution in [0.25, 0.3) is 6.08 Å². The minimum Gasteiger partial charge on any atom is -0.340 e. The van der Waals surface area contributed by atoms with Gasteiger partial charge in [0.15, 0.2) is 0 Å². The molecule has 0 aliphatic carbocycles. The van der Waals surface area contributed by atoms with Crippen LogP contribution in [-0.2, 0) is 11.3 Å². The highest BCUT2D eigenvalue weighted by molar-refractivity contribution is 8.18. The standard InChI is InChI=1S/C24H27N5O2S/c30-21-20(32-23(31)27-21)14-19-8-11-25-22(26-19)29-13-5-10-24(17-29)9-4-12-28(16-24)15-18-6-2-1-3-7-18/h1-3,6-8,11,14H,4-5,9-10,12-13,15-17H2,(H,27,30,31). The van der Waals surface area contributed by atoms with Crippen molar-refractivity contribution in [1.82, 2.24) is 20.2 Å². The number of likely N-dealkylation sites (tertiary alicyclic amines) is 1. The molecule has 1 aromatic carbocycles. The first kappa shape index (κ1) is 21.2. The molecule has 2 amide bonds. The summed E-state index contributed by atoms with van der Waals surface area (Å²) < 4.78 is 0. The van der Waals surface area contributed by atoms with E-state index < -0.39 is 0 Å². The molecule has 1 unspecified atom stereocenters. The van der Waals surface area contributed by atoms with Crippen molar-refractivity contribution in [3.63, 3.8) is 0 Å². The Hall–Kier alpha value is -2.71. The summed E-state index contributed by atoms with van der Waals surface area (Å²) >= 11 is 0.910. The lowest BCUT2D eigenvalue weighted by Crippen LogP contribution is -2.52. The Morgan fingerprint density at radius 2 is 1.88 bits per heavy atom. The van der Waals surface area contributed by atoms with Gasteiger partial charge >= 0.3 is 0 Å². The molecule has 0 radical (unpaired) electrons. The number of carbonyl (C=O) groups is 2. The second-order valence-electron chi connectivity index (χ2n) is 8.96. The topological polar surface area (TPSA) is 78.4 Å². The normalized spacial score (nSPS) is 25.5. The number of nitrogens with zero attached hydrogens (tertiary/aromatic N) is 4. The van der Waals surface area contributed by atoms with Crippen molar-refractivity contribution in [3.05, 3.63) is 58.8 Å². The Bertz CT molecular complexity index is 1040. The van der Waals surface area contributed by atoms with Gasteiger partial charge in [-0.25, -0.2) is 9.97 Å². The highest BCUT2D eigenvalue weighted by Gasteiger charge is 2.39. The van der Waals surface area contributed by atoms with Gasteiger partial charge in [-0.3, -0.25) is 19.8 Å². The first-order chi connectivity index (χ1) is 15.6. The first-order valence-electron chi connectivity index (χ1n) is 11.2. The summed E-state index contributed by atoms with van der Waals surface area (Å²) in [5.74, 6) is 0.339. The fourth-order valence-electron chi connectivity index (χ4n) is 5.15. The largest absolute Gasteiger partial charge is 0.340 e. The number of aromatic nitrogens is 2. The predicted octanol–water partition coefficient (Wildman–Crippen LogP) is 3.68. The average Bonchev–Trinajstić information content (AvgIpc) is 3.11. The van der Waals surface area contributed by atoms with Gasteiger partial charge in [0, 0.05) is 37.8 Å². The molecule has 2 aromatic rings. The highest BCUT2D eigenvalue weighted by Crippen LogP contribution is 2.39. The summed E-state index contributed by atoms with van der Waals surface area (Å²) in [6.07, 6.45) is 8.21. The number of hydrogen-bond donors (Lipinski definition) is 1. The molecule has 32 heavy (non-hydrogen) atoms. The Balaban J connectivity index is 1.30. The van der Waals surface area contributed by atoms with Crippen molar-refractivity contribution in [2.45, 2.75) is 32.2 Å². The van der Waals surface area contributed by atoms with Crippen LogP contribution in [0, 0.1) is 5.41 Å². The van der Waals surface area contributed by atoms with Gasteiger partial charge in [0.05, 0.1) is 10.6 Å². The zero-order valence-corrected chi connectivity index (χ0v) is 18.8. The smallest absolute Gasteiger partial charge is 0.290 e. The van der Waals surface area contributed by atoms with Crippen LogP contribution in [0.2, 0.25) is 0 Å². The van der Waals surface area contributed by atoms with Gasteiger partial charge in [0.1, 0.15) is 0 Å². The van der Waals surface area contributed by atoms with Crippen LogP contribution in [0.1, 0.15) is 36.9 Å². The summed E-state index contributed by atoms with van der Waals surface area (Å²) in [6, 6.07) is 12.5. The second kappa shape index (κ2) is 9.03. The quantitative estimate of drug-likeness (QED) is 0.714. The van der Waals surface area contributed by atoms with Gasteiger partial charge < -0.3 is 4.90 Å². The Kier molecular flexibility index (Phi) is 5.97. The SMILES string of the molecule is O=C1NC(=O)C(=Cc2ccnc(N3CCCC4(CCCN(Cc5ccccc5)C4)C3)n2)S1. The van der Waals surface area contributed by atoms with Crippen molar-refractivity contribution in [2.24, 2.45) is 5.41 Å². The molecule has 5 rings (SSSR count). The number of imide groups is 1. The van der Waals surface area contributed by atoms with Crippen molar-refractivity contribution in [2.75, 3.05) is 31.1 Å². The van der Waals surface area contributed by atoms with Crippen LogP contribution in [-0.4, -0.2) is 52.2 Å². The summed E-state index contributed by atoms with van der Waals surface area (Å²) in [4.78, 5) is 37.8. The lowest BCUT2D eigenvalue weighted by atomic mass is 9.73. The van der Waals surface area contributed by atoms with E-state index in [0.717, 1.165) is 50.9 Å². The molecule has 8 heteroatoms. The summed E-state index contributed by atoms with van der Waals surface area (Å²) in [7, 11) is 0. The molecule has 166 valence electrons. The van der Waals surface area contributed by atoms with Gasteiger partial charge in [-0.05, 0) is 61.7 Å². The van der Waals surface area contributed by atoms with E-state index in [1.807, 2.05) is 0 Å². The number of rotatable bonds is 4. The average molecular weight is 450 g/mol. The molecule has 3 saturated heterocycles. The second-order valence-corrected chi connectivity index (χ2v) is 9.97. The maximum Gasteiger partial charge on any atom is 0.290 e. The van der Waals surface area contributed by atoms with Crippen LogP contribution in [0.5, 0.6) is 0 Å². The number of amides is 2. The van der Waals surface area contributed by atoms with E-state index in [0.29, 0.717) is 16.5 Å². The lowest BCUT2D eigenvalue weighted by molar-refractivity contribution is -0.115. The van der Waals surface area contributed by atoms with Crippen LogP contribution in [0.4, 0.5) is 10.7 Å². The highest BCUT2D eigenvalue weighted by atomic mass is 32.2. The molecule has 3 aliphatic rings. The van der Waals surface area contributed by atoms with Crippen molar-refractivity contribution >= 4 is 34.9 Å². The maximum absolute atomic E-state index is 11.9. The van der Waals surface area contributed by atoms with E-state index in [9.17, 15) is 9.59 Å². The zero-order chi connectivity index (χ0) is 22.0. The van der Waals surface area contributed by atoms with Gasteiger partial charge in [-0.15, -0.1) is 0 Å². The van der Waals surface area contributed by atoms with Gasteiger partial charge in [-0.2, -0.15) is 0 Å². The number of anilines is 1. The third-order valence-corrected chi connectivity index (χ3v) is 7.33. The number of nitrogens with one attached hydrogen (secondary N) is 1. The van der Waals surface area contributed by atoms with Gasteiger partial charge in [0.2, 0.25) is 5.95 Å². The molecule has 1 N–H and O–H groups in total. The third kappa shape index (κ3) is 4.71. The molecular weight excluding hydrogens is 422 g/mol. The molecule has 1 aromatic heterocycles. The molecule has 0 saturated carbocycles. The number of hydrogen-bond acceptors (Lipinski definition) is 7. The molecule has 3 aliphatic heterocycles. The van der Waals surface area contributed by atoms with Gasteiger partial charge in [-0.1, -0.05) is 30.3 Å². The Morgan fingerprint density at radius 3 is 2.66 bits per heavy atom.